The van der Waals surface area contributed by atoms with Crippen molar-refractivity contribution in [3.63, 3.8) is 0 Å². The van der Waals surface area contributed by atoms with E-state index in [1.54, 1.807) is 12.0 Å². The van der Waals surface area contributed by atoms with E-state index < -0.39 is 0 Å². The largest absolute Gasteiger partial charge is 0.497 e. The van der Waals surface area contributed by atoms with Crippen LogP contribution in [0.1, 0.15) is 18.2 Å². The number of aromatic nitrogens is 2. The molecule has 0 spiro atoms. The number of likely N-dealkylation sites (N-methyl/N-ethyl adjacent to an activating group) is 1. The van der Waals surface area contributed by atoms with Crippen molar-refractivity contribution in [1.82, 2.24) is 14.5 Å². The Bertz CT molecular complexity index is 949. The second-order valence-electron chi connectivity index (χ2n) is 6.81. The average Bonchev–Trinajstić information content (AvgIpc) is 3.22. The van der Waals surface area contributed by atoms with Crippen molar-refractivity contribution in [1.29, 1.82) is 0 Å². The van der Waals surface area contributed by atoms with Crippen LogP contribution in [0, 0.1) is 0 Å². The average molecular weight is 365 g/mol. The summed E-state index contributed by atoms with van der Waals surface area (Å²) in [4.78, 5) is 18.6. The Morgan fingerprint density at radius 2 is 1.85 bits per heavy atom. The van der Waals surface area contributed by atoms with Gasteiger partial charge in [0.2, 0.25) is 5.91 Å². The van der Waals surface area contributed by atoms with Gasteiger partial charge in [0.15, 0.2) is 0 Å². The van der Waals surface area contributed by atoms with Gasteiger partial charge < -0.3 is 18.9 Å². The van der Waals surface area contributed by atoms with Gasteiger partial charge >= 0.3 is 0 Å². The molecule has 2 heterocycles. The Balaban J connectivity index is 1.54. The van der Waals surface area contributed by atoms with Crippen molar-refractivity contribution in [3.05, 3.63) is 54.4 Å². The molecule has 1 amide bonds. The maximum atomic E-state index is 12.0. The van der Waals surface area contributed by atoms with Crippen molar-refractivity contribution in [2.75, 3.05) is 27.3 Å². The lowest BCUT2D eigenvalue weighted by Gasteiger charge is -2.14. The van der Waals surface area contributed by atoms with E-state index in [9.17, 15) is 4.79 Å². The summed E-state index contributed by atoms with van der Waals surface area (Å²) in [6, 6.07) is 15.6. The third kappa shape index (κ3) is 3.47. The first-order valence-corrected chi connectivity index (χ1v) is 9.11. The second kappa shape index (κ2) is 7.31. The molecule has 6 nitrogen and oxygen atoms in total. The zero-order valence-corrected chi connectivity index (χ0v) is 15.6. The summed E-state index contributed by atoms with van der Waals surface area (Å²) in [5.41, 5.74) is 2.03. The number of fused-ring (bicyclic) bond motifs is 1. The van der Waals surface area contributed by atoms with Crippen LogP contribution in [0.15, 0.2) is 48.5 Å². The van der Waals surface area contributed by atoms with Crippen molar-refractivity contribution >= 4 is 16.9 Å². The van der Waals surface area contributed by atoms with Crippen LogP contribution in [0.25, 0.3) is 11.0 Å². The summed E-state index contributed by atoms with van der Waals surface area (Å²) in [5, 5.41) is 0. The van der Waals surface area contributed by atoms with Crippen LogP contribution in [-0.2, 0) is 11.3 Å². The molecule has 0 saturated carbocycles. The minimum Gasteiger partial charge on any atom is -0.497 e. The first kappa shape index (κ1) is 17.4. The summed E-state index contributed by atoms with van der Waals surface area (Å²) in [6.07, 6.45) is 0.513. The third-order valence-electron chi connectivity index (χ3n) is 5.03. The molecule has 0 unspecified atom stereocenters. The lowest BCUT2D eigenvalue weighted by molar-refractivity contribution is -0.126. The lowest BCUT2D eigenvalue weighted by Crippen LogP contribution is -2.19. The second-order valence-corrected chi connectivity index (χ2v) is 6.81. The van der Waals surface area contributed by atoms with Gasteiger partial charge in [-0.25, -0.2) is 4.98 Å². The minimum absolute atomic E-state index is 0.121. The predicted molar refractivity (Wildman–Crippen MR) is 103 cm³/mol. The van der Waals surface area contributed by atoms with Gasteiger partial charge in [0.05, 0.1) is 24.7 Å². The normalized spacial score (nSPS) is 16.9. The molecule has 1 aromatic heterocycles. The molecule has 0 aliphatic carbocycles. The molecule has 1 atom stereocenters. The Morgan fingerprint density at radius 3 is 2.56 bits per heavy atom. The number of carbonyl (C=O) groups excluding carboxylic acids is 1. The molecule has 6 heteroatoms. The smallest absolute Gasteiger partial charge is 0.223 e. The van der Waals surface area contributed by atoms with E-state index in [1.807, 2.05) is 49.5 Å². The predicted octanol–water partition coefficient (Wildman–Crippen LogP) is 3.07. The third-order valence-corrected chi connectivity index (χ3v) is 5.03. The summed E-state index contributed by atoms with van der Waals surface area (Å²) in [7, 11) is 3.49. The van der Waals surface area contributed by atoms with Crippen LogP contribution in [0.5, 0.6) is 11.5 Å². The van der Waals surface area contributed by atoms with Crippen molar-refractivity contribution in [3.8, 4) is 11.5 Å². The van der Waals surface area contributed by atoms with Crippen LogP contribution in [0.3, 0.4) is 0 Å². The van der Waals surface area contributed by atoms with E-state index >= 15 is 0 Å². The summed E-state index contributed by atoms with van der Waals surface area (Å²) in [6.45, 7) is 1.91. The maximum Gasteiger partial charge on any atom is 0.223 e. The van der Waals surface area contributed by atoms with Gasteiger partial charge in [0, 0.05) is 25.9 Å². The molecule has 140 valence electrons. The van der Waals surface area contributed by atoms with Gasteiger partial charge in [0.25, 0.3) is 0 Å². The van der Waals surface area contributed by atoms with Gasteiger partial charge in [-0.3, -0.25) is 4.79 Å². The molecular formula is C21H23N3O3. The quantitative estimate of drug-likeness (QED) is 0.674. The number of methoxy groups -OCH3 is 1. The highest BCUT2D eigenvalue weighted by Gasteiger charge is 2.31. The van der Waals surface area contributed by atoms with E-state index in [-0.39, 0.29) is 11.8 Å². The zero-order valence-electron chi connectivity index (χ0n) is 15.6. The molecule has 1 aliphatic heterocycles. The summed E-state index contributed by atoms with van der Waals surface area (Å²) in [5.74, 6) is 2.87. The molecule has 2 aromatic carbocycles. The topological polar surface area (TPSA) is 56.6 Å². The number of rotatable bonds is 6. The Labute approximate surface area is 158 Å². The number of carbonyl (C=O) groups is 1. The number of hydrogen-bond acceptors (Lipinski definition) is 4. The molecular weight excluding hydrogens is 342 g/mol. The van der Waals surface area contributed by atoms with E-state index in [2.05, 4.69) is 10.6 Å². The molecule has 3 aromatic rings. The van der Waals surface area contributed by atoms with Crippen molar-refractivity contribution in [2.45, 2.75) is 18.9 Å². The first-order chi connectivity index (χ1) is 13.2. The van der Waals surface area contributed by atoms with Gasteiger partial charge in [-0.2, -0.15) is 0 Å². The number of nitrogens with zero attached hydrogens (tertiary/aromatic N) is 3. The molecule has 1 saturated heterocycles. The molecule has 4 rings (SSSR count). The van der Waals surface area contributed by atoms with Crippen molar-refractivity contribution < 1.29 is 14.3 Å². The summed E-state index contributed by atoms with van der Waals surface area (Å²) >= 11 is 0. The van der Waals surface area contributed by atoms with E-state index in [1.165, 1.54) is 0 Å². The van der Waals surface area contributed by atoms with E-state index in [0.29, 0.717) is 26.1 Å². The number of amides is 1. The highest BCUT2D eigenvalue weighted by molar-refractivity contribution is 5.80. The Morgan fingerprint density at radius 1 is 1.11 bits per heavy atom. The maximum absolute atomic E-state index is 12.0. The van der Waals surface area contributed by atoms with Crippen LogP contribution >= 0.6 is 0 Å². The van der Waals surface area contributed by atoms with E-state index in [4.69, 9.17) is 14.5 Å². The highest BCUT2D eigenvalue weighted by Crippen LogP contribution is 2.29. The molecule has 0 bridgehead atoms. The fraction of sp³-hybridized carbons (Fsp3) is 0.333. The van der Waals surface area contributed by atoms with Crippen LogP contribution < -0.4 is 9.47 Å². The monoisotopic (exact) mass is 365 g/mol. The fourth-order valence-electron chi connectivity index (χ4n) is 3.60. The molecule has 1 fully saturated rings. The number of benzene rings is 2. The molecule has 0 N–H and O–H groups in total. The molecule has 0 radical (unpaired) electrons. The lowest BCUT2D eigenvalue weighted by atomic mass is 10.1. The fourth-order valence-corrected chi connectivity index (χ4v) is 3.60. The van der Waals surface area contributed by atoms with E-state index in [0.717, 1.165) is 28.4 Å². The van der Waals surface area contributed by atoms with Crippen LogP contribution in [-0.4, -0.2) is 47.7 Å². The van der Waals surface area contributed by atoms with Crippen LogP contribution in [0.2, 0.25) is 0 Å². The van der Waals surface area contributed by atoms with Gasteiger partial charge in [0.1, 0.15) is 23.9 Å². The number of ether oxygens (including phenoxy) is 2. The number of likely N-dealkylation sites (tertiary alicyclic amines) is 1. The zero-order chi connectivity index (χ0) is 18.8. The standard InChI is InChI=1S/C21H23N3O3/c1-23-14-15(13-20(23)25)21-22-18-5-3-4-6-19(18)24(21)11-12-27-17-9-7-16(26-2)8-10-17/h3-10,15H,11-14H2,1-2H3/t15-/m1/s1. The Hall–Kier alpha value is -3.02. The molecule has 1 aliphatic rings. The minimum atomic E-state index is 0.121. The summed E-state index contributed by atoms with van der Waals surface area (Å²) < 4.78 is 13.3. The number of imidazole rings is 1. The number of para-hydroxylation sites is 2. The number of hydrogen-bond donors (Lipinski definition) is 0. The Kier molecular flexibility index (Phi) is 4.71. The van der Waals surface area contributed by atoms with Gasteiger partial charge in [-0.1, -0.05) is 12.1 Å². The van der Waals surface area contributed by atoms with Gasteiger partial charge in [-0.05, 0) is 36.4 Å². The van der Waals surface area contributed by atoms with Gasteiger partial charge in [-0.15, -0.1) is 0 Å². The van der Waals surface area contributed by atoms with Crippen LogP contribution in [0.4, 0.5) is 0 Å². The van der Waals surface area contributed by atoms with Crippen molar-refractivity contribution in [2.24, 2.45) is 0 Å². The SMILES string of the molecule is COc1ccc(OCCn2c([C@@H]3CC(=O)N(C)C3)nc3ccccc32)cc1. The highest BCUT2D eigenvalue weighted by atomic mass is 16.5. The first-order valence-electron chi connectivity index (χ1n) is 9.11. The molecule has 27 heavy (non-hydrogen) atoms.